The molecule has 2 heterocycles. The van der Waals surface area contributed by atoms with Gasteiger partial charge in [-0.2, -0.15) is 0 Å². The molecular formula is C18H26N4O. The van der Waals surface area contributed by atoms with Crippen LogP contribution in [0.2, 0.25) is 0 Å². The van der Waals surface area contributed by atoms with E-state index in [2.05, 4.69) is 58.7 Å². The summed E-state index contributed by atoms with van der Waals surface area (Å²) in [7, 11) is 1.81. The average molecular weight is 314 g/mol. The van der Waals surface area contributed by atoms with Crippen LogP contribution in [0.15, 0.2) is 29.3 Å². The van der Waals surface area contributed by atoms with E-state index in [1.54, 1.807) is 0 Å². The zero-order chi connectivity index (χ0) is 16.3. The van der Waals surface area contributed by atoms with Gasteiger partial charge >= 0.3 is 0 Å². The second kappa shape index (κ2) is 6.62. The number of aromatic nitrogens is 1. The molecular weight excluding hydrogens is 288 g/mol. The summed E-state index contributed by atoms with van der Waals surface area (Å²) in [5.41, 5.74) is 4.07. The van der Waals surface area contributed by atoms with Crippen molar-refractivity contribution in [3.8, 4) is 0 Å². The number of rotatable bonds is 5. The van der Waals surface area contributed by atoms with E-state index in [4.69, 9.17) is 4.74 Å². The SMILES string of the molecule is CN=C(NCCc1c(C)[nH]c2ccccc12)NCC1(C)COC1. The van der Waals surface area contributed by atoms with Crippen molar-refractivity contribution in [2.75, 3.05) is 33.4 Å². The van der Waals surface area contributed by atoms with E-state index >= 15 is 0 Å². The van der Waals surface area contributed by atoms with Gasteiger partial charge in [0.05, 0.1) is 13.2 Å². The third-order valence-corrected chi connectivity index (χ3v) is 4.50. The van der Waals surface area contributed by atoms with Gasteiger partial charge in [-0.15, -0.1) is 0 Å². The molecule has 1 fully saturated rings. The van der Waals surface area contributed by atoms with Crippen LogP contribution in [-0.4, -0.2) is 44.3 Å². The van der Waals surface area contributed by atoms with Gasteiger partial charge in [-0.05, 0) is 25.0 Å². The predicted octanol–water partition coefficient (Wildman–Crippen LogP) is 2.22. The normalized spacial score (nSPS) is 17.1. The molecule has 1 aromatic heterocycles. The molecule has 0 radical (unpaired) electrons. The van der Waals surface area contributed by atoms with E-state index in [1.165, 1.54) is 22.2 Å². The maximum atomic E-state index is 5.28. The predicted molar refractivity (Wildman–Crippen MR) is 95.0 cm³/mol. The largest absolute Gasteiger partial charge is 0.380 e. The van der Waals surface area contributed by atoms with Gasteiger partial charge in [-0.3, -0.25) is 4.99 Å². The Bertz CT molecular complexity index is 700. The Morgan fingerprint density at radius 3 is 2.78 bits per heavy atom. The molecule has 0 bridgehead atoms. The first-order valence-corrected chi connectivity index (χ1v) is 8.20. The highest BCUT2D eigenvalue weighted by Crippen LogP contribution is 2.25. The van der Waals surface area contributed by atoms with Crippen LogP contribution in [0.1, 0.15) is 18.2 Å². The fourth-order valence-corrected chi connectivity index (χ4v) is 3.03. The van der Waals surface area contributed by atoms with Crippen molar-refractivity contribution >= 4 is 16.9 Å². The Balaban J connectivity index is 1.54. The lowest BCUT2D eigenvalue weighted by molar-refractivity contribution is -0.0971. The number of nitrogens with one attached hydrogen (secondary N) is 3. The summed E-state index contributed by atoms with van der Waals surface area (Å²) in [6, 6.07) is 8.46. The number of para-hydroxylation sites is 1. The molecule has 3 N–H and O–H groups in total. The van der Waals surface area contributed by atoms with Gasteiger partial charge in [0.1, 0.15) is 0 Å². The zero-order valence-electron chi connectivity index (χ0n) is 14.2. The highest BCUT2D eigenvalue weighted by molar-refractivity contribution is 5.84. The maximum absolute atomic E-state index is 5.28. The summed E-state index contributed by atoms with van der Waals surface area (Å²) in [5.74, 6) is 0.857. The summed E-state index contributed by atoms with van der Waals surface area (Å²) in [5, 5.41) is 8.11. The van der Waals surface area contributed by atoms with Crippen molar-refractivity contribution in [2.45, 2.75) is 20.3 Å². The van der Waals surface area contributed by atoms with E-state index in [0.717, 1.165) is 38.7 Å². The van der Waals surface area contributed by atoms with Crippen LogP contribution in [0.5, 0.6) is 0 Å². The number of H-pyrrole nitrogens is 1. The number of nitrogens with zero attached hydrogens (tertiary/aromatic N) is 1. The summed E-state index contributed by atoms with van der Waals surface area (Å²) >= 11 is 0. The molecule has 0 atom stereocenters. The summed E-state index contributed by atoms with van der Waals surface area (Å²) in [6.45, 7) is 7.76. The highest BCUT2D eigenvalue weighted by Gasteiger charge is 2.33. The fraction of sp³-hybridized carbons (Fsp3) is 0.500. The van der Waals surface area contributed by atoms with E-state index in [0.29, 0.717) is 0 Å². The summed E-state index contributed by atoms with van der Waals surface area (Å²) < 4.78 is 5.28. The Labute approximate surface area is 137 Å². The standard InChI is InChI=1S/C18H26N4O/c1-13-14(15-6-4-5-7-16(15)22-13)8-9-20-17(19-3)21-10-18(2)11-23-12-18/h4-7,22H,8-12H2,1-3H3,(H2,19,20,21). The van der Waals surface area contributed by atoms with Crippen LogP contribution in [-0.2, 0) is 11.2 Å². The third kappa shape index (κ3) is 3.50. The molecule has 0 amide bonds. The minimum absolute atomic E-state index is 0.241. The number of hydrogen-bond donors (Lipinski definition) is 3. The monoisotopic (exact) mass is 314 g/mol. The molecule has 0 aliphatic carbocycles. The van der Waals surface area contributed by atoms with E-state index in [9.17, 15) is 0 Å². The third-order valence-electron chi connectivity index (χ3n) is 4.50. The number of fused-ring (bicyclic) bond motifs is 1. The van der Waals surface area contributed by atoms with Crippen LogP contribution < -0.4 is 10.6 Å². The van der Waals surface area contributed by atoms with Gasteiger partial charge in [0.25, 0.3) is 0 Å². The molecule has 23 heavy (non-hydrogen) atoms. The topological polar surface area (TPSA) is 61.4 Å². The lowest BCUT2D eigenvalue weighted by atomic mass is 9.89. The smallest absolute Gasteiger partial charge is 0.191 e. The molecule has 1 aliphatic rings. The summed E-state index contributed by atoms with van der Waals surface area (Å²) in [4.78, 5) is 7.75. The van der Waals surface area contributed by atoms with Gasteiger partial charge in [0.2, 0.25) is 0 Å². The Morgan fingerprint density at radius 2 is 2.09 bits per heavy atom. The molecule has 2 aromatic rings. The van der Waals surface area contributed by atoms with E-state index in [-0.39, 0.29) is 5.41 Å². The maximum Gasteiger partial charge on any atom is 0.191 e. The van der Waals surface area contributed by atoms with Gasteiger partial charge in [0.15, 0.2) is 5.96 Å². The molecule has 5 heteroatoms. The first kappa shape index (κ1) is 15.9. The molecule has 0 unspecified atom stereocenters. The molecule has 0 saturated carbocycles. The number of aryl methyl sites for hydroxylation is 1. The first-order chi connectivity index (χ1) is 11.1. The minimum atomic E-state index is 0.241. The Hall–Kier alpha value is -2.01. The van der Waals surface area contributed by atoms with Crippen molar-refractivity contribution in [1.29, 1.82) is 0 Å². The fourth-order valence-electron chi connectivity index (χ4n) is 3.03. The number of ether oxygens (including phenoxy) is 1. The molecule has 124 valence electrons. The highest BCUT2D eigenvalue weighted by atomic mass is 16.5. The van der Waals surface area contributed by atoms with Crippen molar-refractivity contribution in [3.05, 3.63) is 35.5 Å². The molecule has 5 nitrogen and oxygen atoms in total. The van der Waals surface area contributed by atoms with Crippen LogP contribution in [0, 0.1) is 12.3 Å². The van der Waals surface area contributed by atoms with Crippen molar-refractivity contribution in [3.63, 3.8) is 0 Å². The second-order valence-corrected chi connectivity index (χ2v) is 6.68. The molecule has 3 rings (SSSR count). The number of hydrogen-bond acceptors (Lipinski definition) is 2. The molecule has 1 aromatic carbocycles. The molecule has 1 aliphatic heterocycles. The van der Waals surface area contributed by atoms with Crippen molar-refractivity contribution in [1.82, 2.24) is 15.6 Å². The van der Waals surface area contributed by atoms with Gasteiger partial charge in [-0.1, -0.05) is 25.1 Å². The van der Waals surface area contributed by atoms with Crippen molar-refractivity contribution in [2.24, 2.45) is 10.4 Å². The van der Waals surface area contributed by atoms with Gasteiger partial charge in [0, 0.05) is 42.1 Å². The second-order valence-electron chi connectivity index (χ2n) is 6.68. The lowest BCUT2D eigenvalue weighted by Gasteiger charge is -2.38. The average Bonchev–Trinajstić information content (AvgIpc) is 2.84. The Morgan fingerprint density at radius 1 is 1.30 bits per heavy atom. The van der Waals surface area contributed by atoms with Crippen LogP contribution >= 0.6 is 0 Å². The molecule has 0 spiro atoms. The van der Waals surface area contributed by atoms with Gasteiger partial charge < -0.3 is 20.4 Å². The minimum Gasteiger partial charge on any atom is -0.380 e. The quantitative estimate of drug-likeness (QED) is 0.586. The molecule has 1 saturated heterocycles. The summed E-state index contributed by atoms with van der Waals surface area (Å²) in [6.07, 6.45) is 0.969. The first-order valence-electron chi connectivity index (χ1n) is 8.20. The zero-order valence-corrected chi connectivity index (χ0v) is 14.2. The van der Waals surface area contributed by atoms with Crippen molar-refractivity contribution < 1.29 is 4.74 Å². The van der Waals surface area contributed by atoms with E-state index in [1.807, 2.05) is 7.05 Å². The Kier molecular flexibility index (Phi) is 4.57. The number of benzene rings is 1. The van der Waals surface area contributed by atoms with E-state index < -0.39 is 0 Å². The lowest BCUT2D eigenvalue weighted by Crippen LogP contribution is -2.51. The van der Waals surface area contributed by atoms with Crippen LogP contribution in [0.3, 0.4) is 0 Å². The van der Waals surface area contributed by atoms with Crippen LogP contribution in [0.25, 0.3) is 10.9 Å². The number of guanidine groups is 1. The number of aromatic amines is 1. The van der Waals surface area contributed by atoms with Gasteiger partial charge in [-0.25, -0.2) is 0 Å². The number of aliphatic imine (C=N–C) groups is 1. The van der Waals surface area contributed by atoms with Crippen LogP contribution in [0.4, 0.5) is 0 Å².